The molecule has 0 aliphatic heterocycles. The molecule has 0 bridgehead atoms. The molecule has 0 fully saturated rings. The van der Waals surface area contributed by atoms with Gasteiger partial charge in [0.25, 0.3) is 5.56 Å². The van der Waals surface area contributed by atoms with Crippen LogP contribution in [0.4, 0.5) is 0 Å². The van der Waals surface area contributed by atoms with Crippen LogP contribution in [0.5, 0.6) is 0 Å². The molecule has 136 valence electrons. The largest absolute Gasteiger partial charge is 0.349 e. The van der Waals surface area contributed by atoms with Gasteiger partial charge in [0.1, 0.15) is 16.3 Å². The second-order valence-corrected chi connectivity index (χ2v) is 7.25. The number of hydrogen-bond acceptors (Lipinski definition) is 5. The Hall–Kier alpha value is -2.61. The molecule has 2 heterocycles. The van der Waals surface area contributed by atoms with Gasteiger partial charge in [-0.3, -0.25) is 19.0 Å². The number of nitrogens with zero attached hydrogens (tertiary/aromatic N) is 3. The van der Waals surface area contributed by atoms with Gasteiger partial charge < -0.3 is 9.88 Å². The van der Waals surface area contributed by atoms with Gasteiger partial charge >= 0.3 is 0 Å². The maximum absolute atomic E-state index is 12.9. The number of Topliss-reactive ketones (excluding diaryl/α,β-unsaturated/α-hetero) is 1. The summed E-state index contributed by atoms with van der Waals surface area (Å²) >= 11 is 1.02. The first-order chi connectivity index (χ1) is 12.3. The maximum atomic E-state index is 12.9. The number of carbonyl (C=O) groups is 2. The Kier molecular flexibility index (Phi) is 4.86. The van der Waals surface area contributed by atoms with Crippen LogP contribution >= 0.6 is 11.8 Å². The molecule has 0 spiro atoms. The zero-order chi connectivity index (χ0) is 19.0. The minimum absolute atomic E-state index is 0.212. The number of fused-ring (bicyclic) bond motifs is 3. The van der Waals surface area contributed by atoms with E-state index in [1.165, 1.54) is 16.4 Å². The highest BCUT2D eigenvalue weighted by molar-refractivity contribution is 8.01. The number of aromatic amines is 1. The number of hydrogen-bond donors (Lipinski definition) is 1. The second-order valence-electron chi connectivity index (χ2n) is 6.18. The van der Waals surface area contributed by atoms with E-state index in [1.807, 2.05) is 31.2 Å². The minimum atomic E-state index is -0.933. The molecule has 0 saturated heterocycles. The van der Waals surface area contributed by atoms with Crippen LogP contribution in [-0.2, 0) is 16.1 Å². The van der Waals surface area contributed by atoms with Gasteiger partial charge in [-0.25, -0.2) is 4.98 Å². The molecule has 2 aromatic heterocycles. The molecule has 8 heteroatoms. The average Bonchev–Trinajstić information content (AvgIpc) is 2.98. The number of para-hydroxylation sites is 1. The Bertz CT molecular complexity index is 1070. The van der Waals surface area contributed by atoms with Crippen LogP contribution in [0.1, 0.15) is 13.8 Å². The fourth-order valence-corrected chi connectivity index (χ4v) is 3.96. The summed E-state index contributed by atoms with van der Waals surface area (Å²) in [5.41, 5.74) is 1.59. The van der Waals surface area contributed by atoms with E-state index in [4.69, 9.17) is 0 Å². The van der Waals surface area contributed by atoms with Crippen molar-refractivity contribution >= 4 is 45.4 Å². The van der Waals surface area contributed by atoms with Crippen LogP contribution < -0.4 is 5.56 Å². The van der Waals surface area contributed by atoms with Crippen LogP contribution in [0.3, 0.4) is 0 Å². The van der Waals surface area contributed by atoms with Crippen LogP contribution in [0, 0.1) is 0 Å². The number of ketones is 1. The summed E-state index contributed by atoms with van der Waals surface area (Å²) < 4.78 is 1.49. The minimum Gasteiger partial charge on any atom is -0.349 e. The summed E-state index contributed by atoms with van der Waals surface area (Å²) in [6, 6.07) is 7.53. The second kappa shape index (κ2) is 6.95. The Labute approximate surface area is 154 Å². The lowest BCUT2D eigenvalue weighted by Gasteiger charge is -2.19. The van der Waals surface area contributed by atoms with Crippen LogP contribution in [-0.4, -0.2) is 50.5 Å². The summed E-state index contributed by atoms with van der Waals surface area (Å²) in [7, 11) is 3.20. The van der Waals surface area contributed by atoms with Crippen LogP contribution in [0.25, 0.3) is 21.9 Å². The fourth-order valence-electron chi connectivity index (χ4n) is 2.79. The van der Waals surface area contributed by atoms with E-state index in [9.17, 15) is 14.4 Å². The molecule has 1 aromatic carbocycles. The first-order valence-electron chi connectivity index (χ1n) is 8.24. The third kappa shape index (κ3) is 3.01. The van der Waals surface area contributed by atoms with Crippen molar-refractivity contribution in [1.82, 2.24) is 19.4 Å². The summed E-state index contributed by atoms with van der Waals surface area (Å²) in [6.45, 7) is 3.59. The maximum Gasteiger partial charge on any atom is 0.278 e. The third-order valence-corrected chi connectivity index (χ3v) is 5.44. The van der Waals surface area contributed by atoms with Gasteiger partial charge in [0.2, 0.25) is 5.91 Å². The lowest BCUT2D eigenvalue weighted by atomic mass is 10.2. The van der Waals surface area contributed by atoms with Crippen molar-refractivity contribution < 1.29 is 9.59 Å². The van der Waals surface area contributed by atoms with Gasteiger partial charge in [-0.2, -0.15) is 0 Å². The first kappa shape index (κ1) is 18.2. The first-order valence-corrected chi connectivity index (χ1v) is 9.12. The van der Waals surface area contributed by atoms with E-state index in [2.05, 4.69) is 9.97 Å². The molecule has 26 heavy (non-hydrogen) atoms. The van der Waals surface area contributed by atoms with E-state index in [-0.39, 0.29) is 17.2 Å². The monoisotopic (exact) mass is 372 g/mol. The highest BCUT2D eigenvalue weighted by atomic mass is 32.2. The van der Waals surface area contributed by atoms with Gasteiger partial charge in [-0.1, -0.05) is 30.0 Å². The summed E-state index contributed by atoms with van der Waals surface area (Å²) in [5, 5.41) is 0.269. The fraction of sp³-hybridized carbons (Fsp3) is 0.333. The van der Waals surface area contributed by atoms with E-state index >= 15 is 0 Å². The van der Waals surface area contributed by atoms with Gasteiger partial charge in [-0.05, 0) is 19.9 Å². The van der Waals surface area contributed by atoms with Crippen molar-refractivity contribution in [2.75, 3.05) is 14.1 Å². The van der Waals surface area contributed by atoms with E-state index in [0.717, 1.165) is 22.7 Å². The topological polar surface area (TPSA) is 88.1 Å². The smallest absolute Gasteiger partial charge is 0.278 e. The number of carbonyl (C=O) groups excluding carboxylic acids is 2. The molecular formula is C18H20N4O3S. The lowest BCUT2D eigenvalue weighted by Crippen LogP contribution is -2.36. The molecule has 0 aliphatic carbocycles. The highest BCUT2D eigenvalue weighted by Crippen LogP contribution is 2.27. The van der Waals surface area contributed by atoms with Crippen molar-refractivity contribution in [3.8, 4) is 0 Å². The molecule has 1 N–H and O–H groups in total. The number of thioether (sulfide) groups is 1. The molecule has 3 aromatic rings. The number of nitrogens with one attached hydrogen (secondary N) is 1. The Morgan fingerprint density at radius 2 is 2.00 bits per heavy atom. The Morgan fingerprint density at radius 1 is 1.31 bits per heavy atom. The average molecular weight is 372 g/mol. The third-order valence-electron chi connectivity index (χ3n) is 4.15. The van der Waals surface area contributed by atoms with Crippen LogP contribution in [0.2, 0.25) is 0 Å². The standard InChI is InChI=1S/C18H20N4O3S/c1-5-22-16(24)14-13(11-8-6-7-9-12(11)19-14)20-18(22)26-15(10(2)23)17(25)21(3)4/h6-9,15,19H,5H2,1-4H3/t15-/m1/s1. The van der Waals surface area contributed by atoms with Gasteiger partial charge in [-0.15, -0.1) is 0 Å². The number of amides is 1. The van der Waals surface area contributed by atoms with E-state index in [0.29, 0.717) is 22.7 Å². The number of rotatable bonds is 5. The molecule has 7 nitrogen and oxygen atoms in total. The van der Waals surface area contributed by atoms with Crippen molar-refractivity contribution in [1.29, 1.82) is 0 Å². The summed E-state index contributed by atoms with van der Waals surface area (Å²) in [4.78, 5) is 46.4. The predicted molar refractivity (Wildman–Crippen MR) is 103 cm³/mol. The molecule has 1 atom stereocenters. The van der Waals surface area contributed by atoms with Gasteiger partial charge in [0.05, 0.1) is 0 Å². The number of H-pyrrole nitrogens is 1. The van der Waals surface area contributed by atoms with Crippen molar-refractivity contribution in [2.24, 2.45) is 0 Å². The SMILES string of the molecule is CCn1c(S[C@H](C(C)=O)C(=O)N(C)C)nc2c([nH]c3ccccc32)c1=O. The zero-order valence-electron chi connectivity index (χ0n) is 15.1. The van der Waals surface area contributed by atoms with Crippen molar-refractivity contribution in [2.45, 2.75) is 30.8 Å². The molecule has 1 amide bonds. The molecule has 0 radical (unpaired) electrons. The normalized spacial score (nSPS) is 12.5. The predicted octanol–water partition coefficient (Wildman–Crippen LogP) is 2.04. The van der Waals surface area contributed by atoms with Crippen molar-refractivity contribution in [3.05, 3.63) is 34.6 Å². The summed E-state index contributed by atoms with van der Waals surface area (Å²) in [5.74, 6) is -0.594. The molecule has 0 aliphatic rings. The molecular weight excluding hydrogens is 352 g/mol. The number of aromatic nitrogens is 3. The van der Waals surface area contributed by atoms with E-state index in [1.54, 1.807) is 14.1 Å². The Morgan fingerprint density at radius 3 is 2.62 bits per heavy atom. The van der Waals surface area contributed by atoms with Gasteiger partial charge in [0.15, 0.2) is 10.9 Å². The van der Waals surface area contributed by atoms with Gasteiger partial charge in [0, 0.05) is 31.5 Å². The van der Waals surface area contributed by atoms with Crippen LogP contribution in [0.15, 0.2) is 34.2 Å². The quantitative estimate of drug-likeness (QED) is 0.421. The summed E-state index contributed by atoms with van der Waals surface area (Å²) in [6.07, 6.45) is 0. The zero-order valence-corrected chi connectivity index (χ0v) is 15.9. The van der Waals surface area contributed by atoms with E-state index < -0.39 is 5.25 Å². The Balaban J connectivity index is 2.21. The molecule has 3 rings (SSSR count). The highest BCUT2D eigenvalue weighted by Gasteiger charge is 2.28. The molecule has 0 unspecified atom stereocenters. The lowest BCUT2D eigenvalue weighted by molar-refractivity contribution is -0.132. The van der Waals surface area contributed by atoms with Crippen molar-refractivity contribution in [3.63, 3.8) is 0 Å². The number of benzene rings is 1. The molecule has 0 saturated carbocycles.